The average molecular weight is 656 g/mol. The first kappa shape index (κ1) is 32.5. The van der Waals surface area contributed by atoms with Crippen LogP contribution in [-0.4, -0.2) is 66.7 Å². The van der Waals surface area contributed by atoms with Crippen molar-refractivity contribution in [2.24, 2.45) is 5.41 Å². The third-order valence-electron chi connectivity index (χ3n) is 8.34. The van der Waals surface area contributed by atoms with Crippen LogP contribution in [0.25, 0.3) is 10.9 Å². The third kappa shape index (κ3) is 7.12. The summed E-state index contributed by atoms with van der Waals surface area (Å²) in [5, 5.41) is 6.30. The molecule has 0 bridgehead atoms. The van der Waals surface area contributed by atoms with E-state index < -0.39 is 28.6 Å². The fourth-order valence-electron chi connectivity index (χ4n) is 5.54. The van der Waals surface area contributed by atoms with E-state index in [0.717, 1.165) is 16.6 Å². The van der Waals surface area contributed by atoms with Crippen LogP contribution in [0.1, 0.15) is 33.6 Å². The van der Waals surface area contributed by atoms with Crippen molar-refractivity contribution < 1.29 is 33.0 Å². The molecule has 3 amide bonds. The molecular formula is C36H38FN5O6. The first-order valence-electron chi connectivity index (χ1n) is 15.8. The van der Waals surface area contributed by atoms with Gasteiger partial charge in [0.05, 0.1) is 18.3 Å². The minimum absolute atomic E-state index is 0.316. The Hall–Kier alpha value is -5.39. The summed E-state index contributed by atoms with van der Waals surface area (Å²) in [6.45, 7) is 7.83. The second-order valence-electron chi connectivity index (χ2n) is 12.9. The smallest absolute Gasteiger partial charge is 0.410 e. The monoisotopic (exact) mass is 655 g/mol. The van der Waals surface area contributed by atoms with Crippen LogP contribution < -0.4 is 25.0 Å². The van der Waals surface area contributed by atoms with Crippen molar-refractivity contribution in [3.05, 3.63) is 78.7 Å². The molecule has 2 fully saturated rings. The van der Waals surface area contributed by atoms with Crippen LogP contribution in [0.15, 0.2) is 72.9 Å². The second-order valence-corrected chi connectivity index (χ2v) is 12.9. The van der Waals surface area contributed by atoms with Crippen LogP contribution in [-0.2, 0) is 14.3 Å². The van der Waals surface area contributed by atoms with E-state index in [1.54, 1.807) is 48.5 Å². The number of benzene rings is 3. The van der Waals surface area contributed by atoms with Gasteiger partial charge in [-0.3, -0.25) is 14.6 Å². The maximum absolute atomic E-state index is 13.2. The number of nitrogens with one attached hydrogen (secondary N) is 2. The van der Waals surface area contributed by atoms with Crippen molar-refractivity contribution in [3.63, 3.8) is 0 Å². The van der Waals surface area contributed by atoms with Crippen LogP contribution in [0.3, 0.4) is 0 Å². The molecule has 4 aromatic rings. The predicted molar refractivity (Wildman–Crippen MR) is 180 cm³/mol. The van der Waals surface area contributed by atoms with Crippen molar-refractivity contribution in [1.82, 2.24) is 9.88 Å². The number of piperazine rings is 1. The van der Waals surface area contributed by atoms with E-state index in [1.165, 1.54) is 24.3 Å². The lowest BCUT2D eigenvalue weighted by Gasteiger charge is -2.37. The molecule has 12 heteroatoms. The zero-order valence-electron chi connectivity index (χ0n) is 27.3. The Labute approximate surface area is 278 Å². The van der Waals surface area contributed by atoms with E-state index in [4.69, 9.17) is 14.2 Å². The van der Waals surface area contributed by atoms with E-state index in [1.807, 2.05) is 32.9 Å². The largest absolute Gasteiger partial charge is 0.495 e. The van der Waals surface area contributed by atoms with Gasteiger partial charge in [-0.1, -0.05) is 0 Å². The highest BCUT2D eigenvalue weighted by Crippen LogP contribution is 2.47. The molecule has 250 valence electrons. The highest BCUT2D eigenvalue weighted by Gasteiger charge is 2.56. The lowest BCUT2D eigenvalue weighted by molar-refractivity contribution is -0.131. The van der Waals surface area contributed by atoms with Gasteiger partial charge in [-0.15, -0.1) is 0 Å². The van der Waals surface area contributed by atoms with Gasteiger partial charge in [0.15, 0.2) is 0 Å². The molecule has 1 aliphatic heterocycles. The normalized spacial score (nSPS) is 15.4. The topological polar surface area (TPSA) is 122 Å². The molecule has 3 aromatic carbocycles. The van der Waals surface area contributed by atoms with Crippen molar-refractivity contribution in [2.45, 2.75) is 39.2 Å². The molecule has 1 saturated heterocycles. The van der Waals surface area contributed by atoms with E-state index in [9.17, 15) is 18.8 Å². The summed E-state index contributed by atoms with van der Waals surface area (Å²) in [4.78, 5) is 47.0. The van der Waals surface area contributed by atoms with Gasteiger partial charge in [0.2, 0.25) is 11.8 Å². The Morgan fingerprint density at radius 1 is 0.833 bits per heavy atom. The summed E-state index contributed by atoms with van der Waals surface area (Å²) in [6, 6.07) is 17.9. The molecule has 2 N–H and O–H groups in total. The Balaban J connectivity index is 1.11. The zero-order valence-corrected chi connectivity index (χ0v) is 27.3. The molecule has 0 unspecified atom stereocenters. The van der Waals surface area contributed by atoms with Gasteiger partial charge in [0.25, 0.3) is 0 Å². The Kier molecular flexibility index (Phi) is 8.83. The minimum atomic E-state index is -1.16. The molecule has 11 nitrogen and oxygen atoms in total. The number of nitrogens with zero attached hydrogens (tertiary/aromatic N) is 3. The first-order valence-corrected chi connectivity index (χ1v) is 15.8. The molecule has 1 saturated carbocycles. The highest BCUT2D eigenvalue weighted by atomic mass is 19.1. The molecule has 0 spiro atoms. The van der Waals surface area contributed by atoms with Crippen LogP contribution in [0, 0.1) is 11.2 Å². The van der Waals surface area contributed by atoms with Crippen LogP contribution in [0.5, 0.6) is 17.2 Å². The summed E-state index contributed by atoms with van der Waals surface area (Å²) < 4.78 is 30.8. The molecule has 2 heterocycles. The number of ether oxygens (including phenoxy) is 3. The number of methoxy groups -OCH3 is 1. The summed E-state index contributed by atoms with van der Waals surface area (Å²) in [7, 11) is 1.61. The number of halogens is 1. The Morgan fingerprint density at radius 3 is 2.00 bits per heavy atom. The molecule has 1 aromatic heterocycles. The summed E-state index contributed by atoms with van der Waals surface area (Å²) >= 11 is 0. The second kappa shape index (κ2) is 13.0. The standard InChI is InChI=1S/C36H38FN5O6/c1-35(2,3)48-34(45)42-19-17-41(18-20-42)29-22-28-27(21-31(29)46-4)30(13-16-38-28)47-26-11-9-25(10-12-26)40-33(44)36(14-15-36)32(43)39-24-7-5-23(37)6-8-24/h5-13,16,21-22H,14-15,17-20H2,1-4H3,(H,39,43)(H,40,44). The Morgan fingerprint density at radius 2 is 1.44 bits per heavy atom. The van der Waals surface area contributed by atoms with Crippen LogP contribution in [0.4, 0.5) is 26.2 Å². The maximum atomic E-state index is 13.2. The molecule has 0 radical (unpaired) electrons. The lowest BCUT2D eigenvalue weighted by Crippen LogP contribution is -2.50. The minimum Gasteiger partial charge on any atom is -0.495 e. The van der Waals surface area contributed by atoms with Crippen LogP contribution in [0.2, 0.25) is 0 Å². The highest BCUT2D eigenvalue weighted by molar-refractivity contribution is 6.16. The summed E-state index contributed by atoms with van der Waals surface area (Å²) in [6.07, 6.45) is 2.21. The summed E-state index contributed by atoms with van der Waals surface area (Å²) in [5.41, 5.74) is 0.826. The van der Waals surface area contributed by atoms with E-state index in [2.05, 4.69) is 20.5 Å². The zero-order chi connectivity index (χ0) is 34.1. The van der Waals surface area contributed by atoms with Gasteiger partial charge >= 0.3 is 6.09 Å². The first-order chi connectivity index (χ1) is 22.9. The number of amides is 3. The summed E-state index contributed by atoms with van der Waals surface area (Å²) in [5.74, 6) is 0.543. The molecule has 6 rings (SSSR count). The van der Waals surface area contributed by atoms with Gasteiger partial charge in [-0.2, -0.15) is 0 Å². The van der Waals surface area contributed by atoms with Crippen LogP contribution >= 0.6 is 0 Å². The molecule has 2 aliphatic rings. The van der Waals surface area contributed by atoms with Crippen molar-refractivity contribution in [2.75, 3.05) is 48.8 Å². The third-order valence-corrected chi connectivity index (χ3v) is 8.34. The quantitative estimate of drug-likeness (QED) is 0.204. The fraction of sp³-hybridized carbons (Fsp3) is 0.333. The predicted octanol–water partition coefficient (Wildman–Crippen LogP) is 6.59. The van der Waals surface area contributed by atoms with E-state index in [-0.39, 0.29) is 6.09 Å². The van der Waals surface area contributed by atoms with Crippen molar-refractivity contribution in [1.29, 1.82) is 0 Å². The van der Waals surface area contributed by atoms with Gasteiger partial charge in [-0.05, 0) is 100 Å². The molecule has 1 aliphatic carbocycles. The maximum Gasteiger partial charge on any atom is 0.410 e. The number of hydrogen-bond donors (Lipinski definition) is 2. The van der Waals surface area contributed by atoms with Gasteiger partial charge in [-0.25, -0.2) is 9.18 Å². The average Bonchev–Trinajstić information content (AvgIpc) is 3.88. The number of rotatable bonds is 8. The Bertz CT molecular complexity index is 1830. The number of fused-ring (bicyclic) bond motifs is 1. The molecule has 48 heavy (non-hydrogen) atoms. The van der Waals surface area contributed by atoms with Gasteiger partial charge in [0.1, 0.15) is 34.1 Å². The number of aromatic nitrogens is 1. The SMILES string of the molecule is COc1cc2c(Oc3ccc(NC(=O)C4(C(=O)Nc5ccc(F)cc5)CC4)cc3)ccnc2cc1N1CCN(C(=O)OC(C)(C)C)CC1. The molecular weight excluding hydrogens is 617 g/mol. The number of hydrogen-bond acceptors (Lipinski definition) is 8. The van der Waals surface area contributed by atoms with Crippen molar-refractivity contribution in [3.8, 4) is 17.2 Å². The number of carbonyl (C=O) groups is 3. The van der Waals surface area contributed by atoms with E-state index in [0.29, 0.717) is 67.6 Å². The number of pyridine rings is 1. The van der Waals surface area contributed by atoms with Gasteiger partial charge < -0.3 is 34.6 Å². The molecule has 0 atom stereocenters. The van der Waals surface area contributed by atoms with E-state index >= 15 is 0 Å². The van der Waals surface area contributed by atoms with Gasteiger partial charge in [0, 0.05) is 49.1 Å². The number of carbonyl (C=O) groups excluding carboxylic acids is 3. The number of anilines is 3. The fourth-order valence-corrected chi connectivity index (χ4v) is 5.54. The lowest BCUT2D eigenvalue weighted by atomic mass is 10.0. The van der Waals surface area contributed by atoms with Crippen molar-refractivity contribution >= 4 is 45.9 Å².